The van der Waals surface area contributed by atoms with Gasteiger partial charge in [-0.1, -0.05) is 44.0 Å². The van der Waals surface area contributed by atoms with Crippen molar-refractivity contribution in [1.29, 1.82) is 0 Å². The summed E-state index contributed by atoms with van der Waals surface area (Å²) in [5, 5.41) is 10.3. The van der Waals surface area contributed by atoms with Gasteiger partial charge in [-0.05, 0) is 47.9 Å². The Bertz CT molecular complexity index is 584. The Morgan fingerprint density at radius 3 is 2.50 bits per heavy atom. The second-order valence-corrected chi connectivity index (χ2v) is 6.48. The van der Waals surface area contributed by atoms with Crippen molar-refractivity contribution in [2.45, 2.75) is 18.9 Å². The van der Waals surface area contributed by atoms with E-state index < -0.39 is 6.10 Å². The molecule has 1 unspecified atom stereocenters. The number of rotatable bonds is 5. The molecule has 0 saturated carbocycles. The second kappa shape index (κ2) is 7.25. The van der Waals surface area contributed by atoms with Gasteiger partial charge in [0.05, 0.1) is 13.2 Å². The topological polar surface area (TPSA) is 29.5 Å². The highest BCUT2D eigenvalue weighted by Gasteiger charge is 2.11. The van der Waals surface area contributed by atoms with Crippen molar-refractivity contribution >= 4 is 31.9 Å². The van der Waals surface area contributed by atoms with E-state index in [9.17, 15) is 5.11 Å². The summed E-state index contributed by atoms with van der Waals surface area (Å²) in [4.78, 5) is 0. The number of aliphatic hydroxyl groups is 1. The first-order valence-electron chi connectivity index (χ1n) is 6.33. The maximum absolute atomic E-state index is 10.3. The third-order valence-electron chi connectivity index (χ3n) is 3.06. The van der Waals surface area contributed by atoms with E-state index in [1.54, 1.807) is 7.11 Å². The Hall–Kier alpha value is -0.840. The quantitative estimate of drug-likeness (QED) is 0.808. The minimum absolute atomic E-state index is 0.438. The molecule has 0 aromatic heterocycles. The molecule has 106 valence electrons. The molecule has 1 N–H and O–H groups in total. The van der Waals surface area contributed by atoms with Gasteiger partial charge in [-0.2, -0.15) is 0 Å². The predicted molar refractivity (Wildman–Crippen MR) is 88.3 cm³/mol. The summed E-state index contributed by atoms with van der Waals surface area (Å²) < 4.78 is 7.35. The van der Waals surface area contributed by atoms with Gasteiger partial charge < -0.3 is 9.84 Å². The first-order valence-corrected chi connectivity index (χ1v) is 7.92. The van der Waals surface area contributed by atoms with Crippen molar-refractivity contribution < 1.29 is 9.84 Å². The fourth-order valence-corrected chi connectivity index (χ4v) is 3.02. The number of hydrogen-bond donors (Lipinski definition) is 1. The zero-order valence-electron chi connectivity index (χ0n) is 11.1. The average molecular weight is 400 g/mol. The maximum atomic E-state index is 10.3. The molecule has 0 bridgehead atoms. The van der Waals surface area contributed by atoms with Gasteiger partial charge in [-0.15, -0.1) is 0 Å². The minimum Gasteiger partial charge on any atom is -0.496 e. The Labute approximate surface area is 136 Å². The molecular weight excluding hydrogens is 384 g/mol. The van der Waals surface area contributed by atoms with Crippen LogP contribution in [-0.4, -0.2) is 18.3 Å². The van der Waals surface area contributed by atoms with Crippen LogP contribution in [0.3, 0.4) is 0 Å². The summed E-state index contributed by atoms with van der Waals surface area (Å²) in [7, 11) is 1.65. The second-order valence-electron chi connectivity index (χ2n) is 4.65. The third-order valence-corrected chi connectivity index (χ3v) is 4.04. The fourth-order valence-electron chi connectivity index (χ4n) is 2.17. The van der Waals surface area contributed by atoms with E-state index >= 15 is 0 Å². The largest absolute Gasteiger partial charge is 0.496 e. The zero-order valence-corrected chi connectivity index (χ0v) is 14.3. The van der Waals surface area contributed by atoms with Crippen LogP contribution in [0.15, 0.2) is 51.4 Å². The number of methoxy groups -OCH3 is 1. The molecule has 0 fully saturated rings. The SMILES string of the molecule is COc1ccc(Br)cc1CC(O)Cc1cccc(Br)c1. The molecule has 1 atom stereocenters. The molecule has 0 aliphatic heterocycles. The Morgan fingerprint density at radius 2 is 1.80 bits per heavy atom. The lowest BCUT2D eigenvalue weighted by Gasteiger charge is -2.14. The molecule has 0 amide bonds. The molecule has 0 aliphatic rings. The molecule has 2 nitrogen and oxygen atoms in total. The van der Waals surface area contributed by atoms with Gasteiger partial charge in [0.1, 0.15) is 5.75 Å². The van der Waals surface area contributed by atoms with Crippen LogP contribution in [0, 0.1) is 0 Å². The molecule has 2 aromatic carbocycles. The van der Waals surface area contributed by atoms with Crippen molar-refractivity contribution in [3.8, 4) is 5.75 Å². The minimum atomic E-state index is -0.438. The summed E-state index contributed by atoms with van der Waals surface area (Å²) in [5.41, 5.74) is 2.12. The molecule has 2 aromatic rings. The molecule has 0 saturated heterocycles. The maximum Gasteiger partial charge on any atom is 0.122 e. The highest BCUT2D eigenvalue weighted by atomic mass is 79.9. The van der Waals surface area contributed by atoms with Crippen LogP contribution in [0.1, 0.15) is 11.1 Å². The van der Waals surface area contributed by atoms with Gasteiger partial charge >= 0.3 is 0 Å². The van der Waals surface area contributed by atoms with Crippen molar-refractivity contribution in [3.05, 3.63) is 62.5 Å². The van der Waals surface area contributed by atoms with E-state index in [2.05, 4.69) is 31.9 Å². The predicted octanol–water partition coefficient (Wildman–Crippen LogP) is 4.37. The van der Waals surface area contributed by atoms with Crippen LogP contribution >= 0.6 is 31.9 Å². The van der Waals surface area contributed by atoms with Crippen molar-refractivity contribution in [2.75, 3.05) is 7.11 Å². The zero-order chi connectivity index (χ0) is 14.5. The normalized spacial score (nSPS) is 12.2. The Kier molecular flexibility index (Phi) is 5.64. The molecule has 0 spiro atoms. The Morgan fingerprint density at radius 1 is 1.05 bits per heavy atom. The average Bonchev–Trinajstić information content (AvgIpc) is 2.38. The van der Waals surface area contributed by atoms with Crippen LogP contribution in [0.25, 0.3) is 0 Å². The Balaban J connectivity index is 2.08. The highest BCUT2D eigenvalue weighted by Crippen LogP contribution is 2.25. The lowest BCUT2D eigenvalue weighted by Crippen LogP contribution is -2.14. The van der Waals surface area contributed by atoms with Crippen LogP contribution in [0.2, 0.25) is 0 Å². The monoisotopic (exact) mass is 398 g/mol. The van der Waals surface area contributed by atoms with E-state index in [4.69, 9.17) is 4.74 Å². The standard InChI is InChI=1S/C16H16Br2O2/c1-20-16-6-5-14(18)9-12(16)10-15(19)8-11-3-2-4-13(17)7-11/h2-7,9,15,19H,8,10H2,1H3. The molecule has 2 rings (SSSR count). The fraction of sp³-hybridized carbons (Fsp3) is 0.250. The van der Waals surface area contributed by atoms with Gasteiger partial charge in [0.2, 0.25) is 0 Å². The molecule has 0 radical (unpaired) electrons. The first kappa shape index (κ1) is 15.5. The summed E-state index contributed by atoms with van der Waals surface area (Å²) in [6.07, 6.45) is 0.747. The summed E-state index contributed by atoms with van der Waals surface area (Å²) >= 11 is 6.89. The van der Waals surface area contributed by atoms with Gasteiger partial charge in [0, 0.05) is 15.4 Å². The van der Waals surface area contributed by atoms with Crippen LogP contribution in [0.5, 0.6) is 5.75 Å². The molecule has 0 heterocycles. The van der Waals surface area contributed by atoms with Crippen molar-refractivity contribution in [2.24, 2.45) is 0 Å². The third kappa shape index (κ3) is 4.33. The highest BCUT2D eigenvalue weighted by molar-refractivity contribution is 9.10. The first-order chi connectivity index (χ1) is 9.58. The number of ether oxygens (including phenoxy) is 1. The van der Waals surface area contributed by atoms with Gasteiger partial charge in [-0.25, -0.2) is 0 Å². The van der Waals surface area contributed by atoms with E-state index in [1.807, 2.05) is 42.5 Å². The molecule has 0 aliphatic carbocycles. The number of aliphatic hydroxyl groups excluding tert-OH is 1. The summed E-state index contributed by atoms with van der Waals surface area (Å²) in [5.74, 6) is 0.807. The van der Waals surface area contributed by atoms with Crippen molar-refractivity contribution in [3.63, 3.8) is 0 Å². The summed E-state index contributed by atoms with van der Waals surface area (Å²) in [6.45, 7) is 0. The summed E-state index contributed by atoms with van der Waals surface area (Å²) in [6, 6.07) is 13.8. The molecule has 4 heteroatoms. The van der Waals surface area contributed by atoms with Crippen LogP contribution in [0.4, 0.5) is 0 Å². The van der Waals surface area contributed by atoms with E-state index in [0.29, 0.717) is 12.8 Å². The van der Waals surface area contributed by atoms with Gasteiger partial charge in [-0.3, -0.25) is 0 Å². The number of benzene rings is 2. The van der Waals surface area contributed by atoms with E-state index in [0.717, 1.165) is 25.8 Å². The van der Waals surface area contributed by atoms with E-state index in [-0.39, 0.29) is 0 Å². The van der Waals surface area contributed by atoms with Crippen molar-refractivity contribution in [1.82, 2.24) is 0 Å². The number of hydrogen-bond acceptors (Lipinski definition) is 2. The lowest BCUT2D eigenvalue weighted by molar-refractivity contribution is 0.174. The molecular formula is C16H16Br2O2. The smallest absolute Gasteiger partial charge is 0.122 e. The van der Waals surface area contributed by atoms with E-state index in [1.165, 1.54) is 0 Å². The van der Waals surface area contributed by atoms with Gasteiger partial charge in [0.25, 0.3) is 0 Å². The molecule has 20 heavy (non-hydrogen) atoms. The van der Waals surface area contributed by atoms with Gasteiger partial charge in [0.15, 0.2) is 0 Å². The number of halogens is 2. The lowest BCUT2D eigenvalue weighted by atomic mass is 10.0. The van der Waals surface area contributed by atoms with Crippen LogP contribution < -0.4 is 4.74 Å². The van der Waals surface area contributed by atoms with Crippen LogP contribution in [-0.2, 0) is 12.8 Å².